The molecule has 0 aliphatic rings. The number of hydrazone groups is 1. The van der Waals surface area contributed by atoms with E-state index in [2.05, 4.69) is 15.5 Å². The van der Waals surface area contributed by atoms with Gasteiger partial charge in [0, 0.05) is 5.38 Å². The molecule has 1 aromatic heterocycles. The Morgan fingerprint density at radius 1 is 1.36 bits per heavy atom. The number of ether oxygens (including phenoxy) is 2. The van der Waals surface area contributed by atoms with Crippen LogP contribution in [0.25, 0.3) is 0 Å². The van der Waals surface area contributed by atoms with Crippen molar-refractivity contribution >= 4 is 23.5 Å². The zero-order valence-electron chi connectivity index (χ0n) is 12.6. The molecule has 0 spiro atoms. The molecule has 0 bridgehead atoms. The first-order chi connectivity index (χ1) is 10.6. The van der Waals surface area contributed by atoms with E-state index in [-0.39, 0.29) is 12.3 Å². The number of methoxy groups -OCH3 is 2. The molecule has 0 aliphatic heterocycles. The summed E-state index contributed by atoms with van der Waals surface area (Å²) >= 11 is 1.52. The highest BCUT2D eigenvalue weighted by molar-refractivity contribution is 7.09. The number of aryl methyl sites for hydroxylation is 1. The first-order valence-electron chi connectivity index (χ1n) is 6.57. The first-order valence-corrected chi connectivity index (χ1v) is 7.45. The molecule has 0 saturated carbocycles. The lowest BCUT2D eigenvalue weighted by Gasteiger charge is -2.07. The Labute approximate surface area is 132 Å². The van der Waals surface area contributed by atoms with Crippen molar-refractivity contribution in [3.05, 3.63) is 39.8 Å². The van der Waals surface area contributed by atoms with Crippen molar-refractivity contribution in [2.24, 2.45) is 5.10 Å². The Hall–Kier alpha value is -2.41. The van der Waals surface area contributed by atoms with Gasteiger partial charge in [-0.25, -0.2) is 10.4 Å². The molecule has 0 saturated heterocycles. The van der Waals surface area contributed by atoms with Gasteiger partial charge in [0.1, 0.15) is 0 Å². The lowest BCUT2D eigenvalue weighted by atomic mass is 10.2. The van der Waals surface area contributed by atoms with Crippen LogP contribution in [0.3, 0.4) is 0 Å². The molecule has 116 valence electrons. The molecule has 7 heteroatoms. The van der Waals surface area contributed by atoms with Crippen LogP contribution in [-0.4, -0.2) is 31.3 Å². The fraction of sp³-hybridized carbons (Fsp3) is 0.267. The van der Waals surface area contributed by atoms with Gasteiger partial charge < -0.3 is 9.47 Å². The van der Waals surface area contributed by atoms with Crippen LogP contribution in [0, 0.1) is 6.92 Å². The SMILES string of the molecule is COc1ccc(/C=N\NC(=O)Cc2csc(C)n2)cc1OC. The van der Waals surface area contributed by atoms with Crippen molar-refractivity contribution in [2.45, 2.75) is 13.3 Å². The largest absolute Gasteiger partial charge is 0.493 e. The second-order valence-electron chi connectivity index (χ2n) is 4.44. The fourth-order valence-electron chi connectivity index (χ4n) is 1.81. The monoisotopic (exact) mass is 319 g/mol. The van der Waals surface area contributed by atoms with E-state index in [0.29, 0.717) is 11.5 Å². The van der Waals surface area contributed by atoms with Gasteiger partial charge in [-0.1, -0.05) is 0 Å². The minimum absolute atomic E-state index is 0.206. The van der Waals surface area contributed by atoms with Crippen LogP contribution in [0.5, 0.6) is 11.5 Å². The highest BCUT2D eigenvalue weighted by Gasteiger charge is 2.06. The van der Waals surface area contributed by atoms with E-state index in [4.69, 9.17) is 9.47 Å². The number of nitrogens with one attached hydrogen (secondary N) is 1. The summed E-state index contributed by atoms with van der Waals surface area (Å²) in [7, 11) is 3.14. The third-order valence-electron chi connectivity index (χ3n) is 2.82. The molecule has 2 aromatic rings. The predicted octanol–water partition coefficient (Wildman–Crippen LogP) is 2.16. The van der Waals surface area contributed by atoms with Crippen molar-refractivity contribution in [1.82, 2.24) is 10.4 Å². The Bertz CT molecular complexity index is 682. The number of hydrogen-bond donors (Lipinski definition) is 1. The minimum Gasteiger partial charge on any atom is -0.493 e. The van der Waals surface area contributed by atoms with Gasteiger partial charge in [0.2, 0.25) is 5.91 Å². The van der Waals surface area contributed by atoms with Gasteiger partial charge in [0.15, 0.2) is 11.5 Å². The van der Waals surface area contributed by atoms with Crippen LogP contribution in [-0.2, 0) is 11.2 Å². The number of aromatic nitrogens is 1. The standard InChI is InChI=1S/C15H17N3O3S/c1-10-17-12(9-22-10)7-15(19)18-16-8-11-4-5-13(20-2)14(6-11)21-3/h4-6,8-9H,7H2,1-3H3,(H,18,19)/b16-8-. The maximum atomic E-state index is 11.7. The topological polar surface area (TPSA) is 72.8 Å². The Morgan fingerprint density at radius 2 is 2.14 bits per heavy atom. The third-order valence-corrected chi connectivity index (χ3v) is 3.64. The number of hydrogen-bond acceptors (Lipinski definition) is 6. The number of amides is 1. The highest BCUT2D eigenvalue weighted by Crippen LogP contribution is 2.26. The summed E-state index contributed by atoms with van der Waals surface area (Å²) in [4.78, 5) is 16.0. The van der Waals surface area contributed by atoms with Crippen molar-refractivity contribution in [2.75, 3.05) is 14.2 Å². The molecule has 0 fully saturated rings. The van der Waals surface area contributed by atoms with Crippen LogP contribution in [0.2, 0.25) is 0 Å². The van der Waals surface area contributed by atoms with Gasteiger partial charge >= 0.3 is 0 Å². The van der Waals surface area contributed by atoms with E-state index in [1.807, 2.05) is 18.4 Å². The fourth-order valence-corrected chi connectivity index (χ4v) is 2.42. The normalized spacial score (nSPS) is 10.7. The van der Waals surface area contributed by atoms with E-state index < -0.39 is 0 Å². The summed E-state index contributed by atoms with van der Waals surface area (Å²) in [6, 6.07) is 5.37. The van der Waals surface area contributed by atoms with Crippen molar-refractivity contribution in [3.8, 4) is 11.5 Å². The molecule has 1 N–H and O–H groups in total. The average Bonchev–Trinajstić information content (AvgIpc) is 2.92. The van der Waals surface area contributed by atoms with Gasteiger partial charge in [-0.05, 0) is 30.7 Å². The van der Waals surface area contributed by atoms with E-state index in [0.717, 1.165) is 16.3 Å². The Kier molecular flexibility index (Phi) is 5.48. The van der Waals surface area contributed by atoms with Crippen LogP contribution in [0.1, 0.15) is 16.3 Å². The maximum absolute atomic E-state index is 11.7. The number of benzene rings is 1. The molecular formula is C15H17N3O3S. The van der Waals surface area contributed by atoms with Crippen molar-refractivity contribution in [3.63, 3.8) is 0 Å². The molecular weight excluding hydrogens is 302 g/mol. The molecule has 1 amide bonds. The lowest BCUT2D eigenvalue weighted by molar-refractivity contribution is -0.120. The van der Waals surface area contributed by atoms with Gasteiger partial charge in [-0.3, -0.25) is 4.79 Å². The van der Waals surface area contributed by atoms with Gasteiger partial charge in [0.05, 0.1) is 37.6 Å². The quantitative estimate of drug-likeness (QED) is 0.654. The summed E-state index contributed by atoms with van der Waals surface area (Å²) in [6.07, 6.45) is 1.76. The Balaban J connectivity index is 1.93. The Morgan fingerprint density at radius 3 is 2.77 bits per heavy atom. The number of carbonyl (C=O) groups excluding carboxylic acids is 1. The zero-order valence-corrected chi connectivity index (χ0v) is 13.4. The van der Waals surface area contributed by atoms with E-state index >= 15 is 0 Å². The van der Waals surface area contributed by atoms with Gasteiger partial charge in [0.25, 0.3) is 0 Å². The highest BCUT2D eigenvalue weighted by atomic mass is 32.1. The number of thiazole rings is 1. The first kappa shape index (κ1) is 16.0. The summed E-state index contributed by atoms with van der Waals surface area (Å²) in [6.45, 7) is 1.90. The molecule has 1 heterocycles. The van der Waals surface area contributed by atoms with Gasteiger partial charge in [-0.15, -0.1) is 11.3 Å². The molecule has 2 rings (SSSR count). The molecule has 0 unspecified atom stereocenters. The number of rotatable bonds is 6. The molecule has 6 nitrogen and oxygen atoms in total. The summed E-state index contributed by atoms with van der Waals surface area (Å²) in [5.74, 6) is 1.04. The maximum Gasteiger partial charge on any atom is 0.246 e. The van der Waals surface area contributed by atoms with Crippen molar-refractivity contribution < 1.29 is 14.3 Å². The van der Waals surface area contributed by atoms with Crippen LogP contribution < -0.4 is 14.9 Å². The van der Waals surface area contributed by atoms with E-state index in [1.54, 1.807) is 32.6 Å². The van der Waals surface area contributed by atoms with E-state index in [9.17, 15) is 4.79 Å². The number of nitrogens with zero attached hydrogens (tertiary/aromatic N) is 2. The summed E-state index contributed by atoms with van der Waals surface area (Å²) in [5, 5.41) is 6.74. The lowest BCUT2D eigenvalue weighted by Crippen LogP contribution is -2.19. The smallest absolute Gasteiger partial charge is 0.246 e. The summed E-state index contributed by atoms with van der Waals surface area (Å²) in [5.41, 5.74) is 4.02. The predicted molar refractivity (Wildman–Crippen MR) is 85.8 cm³/mol. The van der Waals surface area contributed by atoms with Crippen LogP contribution >= 0.6 is 11.3 Å². The molecule has 22 heavy (non-hydrogen) atoms. The number of carbonyl (C=O) groups is 1. The van der Waals surface area contributed by atoms with Gasteiger partial charge in [-0.2, -0.15) is 5.10 Å². The second-order valence-corrected chi connectivity index (χ2v) is 5.50. The average molecular weight is 319 g/mol. The van der Waals surface area contributed by atoms with Crippen LogP contribution in [0.15, 0.2) is 28.7 Å². The molecule has 1 aromatic carbocycles. The minimum atomic E-state index is -0.206. The molecule has 0 aliphatic carbocycles. The van der Waals surface area contributed by atoms with Crippen LogP contribution in [0.4, 0.5) is 0 Å². The molecule has 0 atom stereocenters. The second kappa shape index (κ2) is 7.56. The zero-order chi connectivity index (χ0) is 15.9. The third kappa shape index (κ3) is 4.29. The van der Waals surface area contributed by atoms with E-state index in [1.165, 1.54) is 11.3 Å². The summed E-state index contributed by atoms with van der Waals surface area (Å²) < 4.78 is 10.4. The molecule has 0 radical (unpaired) electrons. The van der Waals surface area contributed by atoms with Crippen molar-refractivity contribution in [1.29, 1.82) is 0 Å².